The maximum absolute atomic E-state index is 6.97. The number of para-hydroxylation sites is 3. The van der Waals surface area contributed by atoms with E-state index in [1.807, 2.05) is 11.3 Å². The first-order chi connectivity index (χ1) is 26.1. The summed E-state index contributed by atoms with van der Waals surface area (Å²) in [5.74, 6) is 0. The summed E-state index contributed by atoms with van der Waals surface area (Å²) in [6.07, 6.45) is 0. The van der Waals surface area contributed by atoms with Crippen molar-refractivity contribution >= 4 is 100 Å². The minimum absolute atomic E-state index is 0.0719. The fraction of sp³-hybridized carbons (Fsp3) is 0.143. The van der Waals surface area contributed by atoms with Crippen LogP contribution in [0.25, 0.3) is 53.2 Å². The smallest absolute Gasteiger partial charge is 0.198 e. The summed E-state index contributed by atoms with van der Waals surface area (Å²) < 4.78 is 9.51. The Morgan fingerprint density at radius 1 is 0.667 bits per heavy atom. The highest BCUT2D eigenvalue weighted by Gasteiger charge is 2.41. The van der Waals surface area contributed by atoms with Crippen molar-refractivity contribution in [2.75, 3.05) is 10.2 Å². The van der Waals surface area contributed by atoms with Gasteiger partial charge in [0.25, 0.3) is 0 Å². The Balaban J connectivity index is 1.24. The zero-order valence-corrected chi connectivity index (χ0v) is 31.9. The summed E-state index contributed by atoms with van der Waals surface area (Å²) in [5, 5.41) is 8.70. The van der Waals surface area contributed by atoms with Crippen LogP contribution < -0.4 is 21.1 Å². The minimum Gasteiger partial charge on any atom is -0.455 e. The van der Waals surface area contributed by atoms with Crippen LogP contribution in [0, 0.1) is 0 Å². The first kappa shape index (κ1) is 31.7. The average molecular weight is 714 g/mol. The summed E-state index contributed by atoms with van der Waals surface area (Å²) in [7, 11) is 2.41. The number of fused-ring (bicyclic) bond motifs is 10. The number of thiophene rings is 1. The second-order valence-electron chi connectivity index (χ2n) is 16.5. The van der Waals surface area contributed by atoms with E-state index in [2.05, 4.69) is 186 Å². The predicted octanol–water partition coefficient (Wildman–Crippen LogP) is 12.7. The second-order valence-corrected chi connectivity index (χ2v) is 17.6. The normalized spacial score (nSPS) is 14.3. The number of nitrogens with one attached hydrogen (secondary N) is 1. The number of benzene rings is 7. The summed E-state index contributed by atoms with van der Waals surface area (Å²) in [6, 6.07) is 49.1. The van der Waals surface area contributed by atoms with Crippen molar-refractivity contribution in [3.8, 4) is 11.1 Å². The van der Waals surface area contributed by atoms with Crippen LogP contribution in [-0.2, 0) is 10.8 Å². The number of hydrogen-bond acceptors (Lipinski definition) is 4. The number of rotatable bonds is 3. The third-order valence-corrected chi connectivity index (χ3v) is 13.0. The lowest BCUT2D eigenvalue weighted by molar-refractivity contribution is 0.590. The summed E-state index contributed by atoms with van der Waals surface area (Å²) in [5.41, 5.74) is 16.1. The van der Waals surface area contributed by atoms with Crippen LogP contribution in [0.4, 0.5) is 28.4 Å². The number of anilines is 5. The van der Waals surface area contributed by atoms with Crippen LogP contribution in [0.2, 0.25) is 0 Å². The molecule has 0 spiro atoms. The number of hydrogen-bond donors (Lipinski definition) is 1. The fourth-order valence-corrected chi connectivity index (χ4v) is 10.2. The van der Waals surface area contributed by atoms with E-state index in [1.165, 1.54) is 59.4 Å². The van der Waals surface area contributed by atoms with Gasteiger partial charge in [-0.2, -0.15) is 0 Å². The molecular formula is C49H38BN2OS. The highest BCUT2D eigenvalue weighted by molar-refractivity contribution is 7.25. The molecule has 5 heteroatoms. The highest BCUT2D eigenvalue weighted by atomic mass is 32.1. The largest absolute Gasteiger partial charge is 0.455 e. The molecule has 259 valence electrons. The van der Waals surface area contributed by atoms with E-state index in [4.69, 9.17) is 4.42 Å². The molecule has 9 aromatic rings. The third-order valence-electron chi connectivity index (χ3n) is 11.8. The summed E-state index contributed by atoms with van der Waals surface area (Å²) in [4.78, 5) is 2.53. The van der Waals surface area contributed by atoms with Gasteiger partial charge in [-0.25, -0.2) is 0 Å². The molecule has 7 aromatic carbocycles. The molecule has 4 heterocycles. The van der Waals surface area contributed by atoms with Gasteiger partial charge in [0, 0.05) is 70.2 Å². The van der Waals surface area contributed by atoms with Crippen LogP contribution in [-0.4, -0.2) is 7.28 Å². The Labute approximate surface area is 320 Å². The fourth-order valence-electron chi connectivity index (χ4n) is 9.05. The van der Waals surface area contributed by atoms with E-state index in [9.17, 15) is 0 Å². The molecule has 11 rings (SSSR count). The lowest BCUT2D eigenvalue weighted by Gasteiger charge is -2.46. The second kappa shape index (κ2) is 11.1. The molecule has 54 heavy (non-hydrogen) atoms. The van der Waals surface area contributed by atoms with E-state index >= 15 is 0 Å². The monoisotopic (exact) mass is 713 g/mol. The van der Waals surface area contributed by atoms with E-state index in [1.54, 1.807) is 0 Å². The topological polar surface area (TPSA) is 28.4 Å². The molecule has 0 amide bonds. The van der Waals surface area contributed by atoms with Crippen molar-refractivity contribution in [2.45, 2.75) is 45.4 Å². The zero-order chi connectivity index (χ0) is 36.5. The van der Waals surface area contributed by atoms with Crippen molar-refractivity contribution in [2.24, 2.45) is 0 Å². The van der Waals surface area contributed by atoms with Gasteiger partial charge < -0.3 is 14.6 Å². The molecule has 1 radical (unpaired) electrons. The van der Waals surface area contributed by atoms with Gasteiger partial charge in [0.15, 0.2) is 7.28 Å². The van der Waals surface area contributed by atoms with Crippen molar-refractivity contribution in [3.63, 3.8) is 0 Å². The minimum atomic E-state index is -0.148. The number of nitrogens with zero attached hydrogens (tertiary/aromatic N) is 1. The molecule has 0 saturated heterocycles. The molecule has 0 saturated carbocycles. The SMILES string of the molecule is CC(C)(C)c1ccc(Nc2cc3c(cc2-c2c4c(cc5c2oc2ccccc25)N2c5ccccc5C(C)(C)c5cccc(c52)[B]4)sc2ccccc23)cc1. The van der Waals surface area contributed by atoms with E-state index in [-0.39, 0.29) is 10.8 Å². The van der Waals surface area contributed by atoms with Crippen LogP contribution in [0.1, 0.15) is 51.3 Å². The predicted molar refractivity (Wildman–Crippen MR) is 232 cm³/mol. The molecule has 0 unspecified atom stereocenters. The van der Waals surface area contributed by atoms with E-state index in [0.29, 0.717) is 0 Å². The zero-order valence-electron chi connectivity index (χ0n) is 31.0. The quantitative estimate of drug-likeness (QED) is 0.185. The van der Waals surface area contributed by atoms with Crippen LogP contribution in [0.5, 0.6) is 0 Å². The van der Waals surface area contributed by atoms with Gasteiger partial charge in [0.2, 0.25) is 0 Å². The Hall–Kier alpha value is -5.78. The summed E-state index contributed by atoms with van der Waals surface area (Å²) >= 11 is 1.85. The van der Waals surface area contributed by atoms with Crippen molar-refractivity contribution < 1.29 is 4.42 Å². The van der Waals surface area contributed by atoms with Gasteiger partial charge in [-0.15, -0.1) is 11.3 Å². The van der Waals surface area contributed by atoms with E-state index < -0.39 is 0 Å². The van der Waals surface area contributed by atoms with Gasteiger partial charge in [0.05, 0.1) is 5.69 Å². The Morgan fingerprint density at radius 3 is 2.24 bits per heavy atom. The molecule has 0 bridgehead atoms. The van der Waals surface area contributed by atoms with Crippen LogP contribution >= 0.6 is 11.3 Å². The summed E-state index contributed by atoms with van der Waals surface area (Å²) in [6.45, 7) is 11.5. The van der Waals surface area contributed by atoms with Gasteiger partial charge in [-0.05, 0) is 76.1 Å². The van der Waals surface area contributed by atoms with Crippen molar-refractivity contribution in [1.29, 1.82) is 0 Å². The average Bonchev–Trinajstić information content (AvgIpc) is 3.73. The first-order valence-electron chi connectivity index (χ1n) is 18.8. The molecule has 0 atom stereocenters. The van der Waals surface area contributed by atoms with Gasteiger partial charge in [0.1, 0.15) is 11.2 Å². The molecular weight excluding hydrogens is 675 g/mol. The van der Waals surface area contributed by atoms with E-state index in [0.717, 1.165) is 49.9 Å². The molecule has 0 fully saturated rings. The lowest BCUT2D eigenvalue weighted by atomic mass is 9.55. The maximum atomic E-state index is 6.97. The van der Waals surface area contributed by atoms with Gasteiger partial charge in [-0.3, -0.25) is 0 Å². The molecule has 2 aliphatic rings. The van der Waals surface area contributed by atoms with Crippen molar-refractivity contribution in [3.05, 3.63) is 150 Å². The lowest BCUT2D eigenvalue weighted by Crippen LogP contribution is -2.45. The Bertz CT molecular complexity index is 3020. The number of furan rings is 1. The highest BCUT2D eigenvalue weighted by Crippen LogP contribution is 2.54. The molecule has 3 nitrogen and oxygen atoms in total. The molecule has 2 aliphatic heterocycles. The molecule has 0 aliphatic carbocycles. The molecule has 1 N–H and O–H groups in total. The van der Waals surface area contributed by atoms with Gasteiger partial charge in [-0.1, -0.05) is 125 Å². The maximum Gasteiger partial charge on any atom is 0.198 e. The first-order valence-corrected chi connectivity index (χ1v) is 19.7. The third kappa shape index (κ3) is 4.48. The van der Waals surface area contributed by atoms with Crippen molar-refractivity contribution in [1.82, 2.24) is 0 Å². The van der Waals surface area contributed by atoms with Crippen LogP contribution in [0.3, 0.4) is 0 Å². The molecule has 2 aromatic heterocycles. The standard InChI is InChI=1S/C49H38BN2OS/c1-48(2,3)28-21-23-29(24-22-28)51-38-25-32-31-14-7-11-20-42(31)54-43(32)27-34(38)44-45-40(26-33-30-13-6-10-19-41(30)53-47(33)44)52-39-18-9-8-15-35(39)49(4,5)36-16-12-17-37(50-45)46(36)52/h6-27,51H,1-5H3. The Kier molecular flexibility index (Phi) is 6.54. The van der Waals surface area contributed by atoms with Gasteiger partial charge >= 0.3 is 0 Å². The van der Waals surface area contributed by atoms with Crippen LogP contribution in [0.15, 0.2) is 138 Å². The Morgan fingerprint density at radius 2 is 1.41 bits per heavy atom.